The van der Waals surface area contributed by atoms with Crippen molar-refractivity contribution in [2.45, 2.75) is 12.3 Å². The van der Waals surface area contributed by atoms with Crippen molar-refractivity contribution in [2.75, 3.05) is 5.73 Å². The number of carboxylic acid groups (broad SMARTS) is 1. The molecule has 2 rings (SSSR count). The molecule has 4 heteroatoms. The zero-order chi connectivity index (χ0) is 10.3. The minimum absolute atomic E-state index is 0.00963. The van der Waals surface area contributed by atoms with Crippen LogP contribution in [0.3, 0.4) is 0 Å². The van der Waals surface area contributed by atoms with Crippen molar-refractivity contribution in [3.05, 3.63) is 29.6 Å². The number of halogens is 1. The first-order valence-corrected chi connectivity index (χ1v) is 4.37. The van der Waals surface area contributed by atoms with Crippen molar-refractivity contribution in [1.82, 2.24) is 0 Å². The molecule has 0 bridgehead atoms. The molecule has 2 unspecified atom stereocenters. The molecule has 0 radical (unpaired) electrons. The van der Waals surface area contributed by atoms with E-state index >= 15 is 0 Å². The number of rotatable bonds is 2. The second-order valence-corrected chi connectivity index (χ2v) is 3.57. The number of carbonyl (C=O) groups is 1. The summed E-state index contributed by atoms with van der Waals surface area (Å²) in [5.41, 5.74) is 6.28. The van der Waals surface area contributed by atoms with E-state index in [-0.39, 0.29) is 17.5 Å². The van der Waals surface area contributed by atoms with Gasteiger partial charge >= 0.3 is 5.97 Å². The number of nitrogen functional groups attached to an aromatic ring is 1. The standard InChI is InChI=1S/C10H10FNO2/c11-8-2-1-5(3-9(8)12)6-4-7(6)10(13)14/h1-3,6-7H,4,12H2,(H,13,14). The zero-order valence-electron chi connectivity index (χ0n) is 7.40. The zero-order valence-corrected chi connectivity index (χ0v) is 7.40. The van der Waals surface area contributed by atoms with Crippen molar-refractivity contribution >= 4 is 11.7 Å². The molecule has 0 aliphatic heterocycles. The maximum Gasteiger partial charge on any atom is 0.307 e. The highest BCUT2D eigenvalue weighted by atomic mass is 19.1. The Bertz CT molecular complexity index is 392. The number of hydrogen-bond acceptors (Lipinski definition) is 2. The lowest BCUT2D eigenvalue weighted by molar-refractivity contribution is -0.138. The van der Waals surface area contributed by atoms with Gasteiger partial charge in [0.2, 0.25) is 0 Å². The van der Waals surface area contributed by atoms with Crippen LogP contribution in [0.2, 0.25) is 0 Å². The molecule has 0 aromatic heterocycles. The minimum atomic E-state index is -0.794. The Kier molecular flexibility index (Phi) is 1.91. The van der Waals surface area contributed by atoms with Crippen LogP contribution in [0.5, 0.6) is 0 Å². The van der Waals surface area contributed by atoms with Crippen LogP contribution in [0.25, 0.3) is 0 Å². The predicted octanol–water partition coefficient (Wildman–Crippen LogP) is 1.60. The summed E-state index contributed by atoms with van der Waals surface area (Å²) in [5, 5.41) is 8.70. The molecule has 1 fully saturated rings. The lowest BCUT2D eigenvalue weighted by Gasteiger charge is -2.01. The molecule has 1 aliphatic carbocycles. The monoisotopic (exact) mass is 195 g/mol. The lowest BCUT2D eigenvalue weighted by atomic mass is 10.1. The number of carboxylic acids is 1. The first-order valence-electron chi connectivity index (χ1n) is 4.37. The van der Waals surface area contributed by atoms with Crippen molar-refractivity contribution in [3.63, 3.8) is 0 Å². The van der Waals surface area contributed by atoms with Gasteiger partial charge < -0.3 is 10.8 Å². The number of benzene rings is 1. The molecule has 1 aliphatic rings. The van der Waals surface area contributed by atoms with Gasteiger partial charge in [-0.15, -0.1) is 0 Å². The third kappa shape index (κ3) is 1.43. The maximum absolute atomic E-state index is 12.8. The van der Waals surface area contributed by atoms with Crippen molar-refractivity contribution in [2.24, 2.45) is 5.92 Å². The van der Waals surface area contributed by atoms with E-state index in [2.05, 4.69) is 0 Å². The third-order valence-electron chi connectivity index (χ3n) is 2.56. The van der Waals surface area contributed by atoms with E-state index in [0.29, 0.717) is 6.42 Å². The van der Waals surface area contributed by atoms with Crippen molar-refractivity contribution in [3.8, 4) is 0 Å². The number of anilines is 1. The highest BCUT2D eigenvalue weighted by molar-refractivity contribution is 5.75. The van der Waals surface area contributed by atoms with E-state index in [9.17, 15) is 9.18 Å². The average Bonchev–Trinajstić information content (AvgIpc) is 2.89. The van der Waals surface area contributed by atoms with Gasteiger partial charge in [0.15, 0.2) is 0 Å². The maximum atomic E-state index is 12.8. The Hall–Kier alpha value is -1.58. The molecule has 1 saturated carbocycles. The van der Waals surface area contributed by atoms with Gasteiger partial charge in [0.1, 0.15) is 5.82 Å². The van der Waals surface area contributed by atoms with Crippen LogP contribution < -0.4 is 5.73 Å². The van der Waals surface area contributed by atoms with E-state index in [1.54, 1.807) is 6.07 Å². The van der Waals surface area contributed by atoms with Gasteiger partial charge in [-0.05, 0) is 30.0 Å². The largest absolute Gasteiger partial charge is 0.481 e. The first kappa shape index (κ1) is 8.99. The smallest absolute Gasteiger partial charge is 0.307 e. The molecule has 3 N–H and O–H groups in total. The van der Waals surface area contributed by atoms with Crippen LogP contribution >= 0.6 is 0 Å². The number of hydrogen-bond donors (Lipinski definition) is 2. The normalized spacial score (nSPS) is 24.6. The third-order valence-corrected chi connectivity index (χ3v) is 2.56. The van der Waals surface area contributed by atoms with Gasteiger partial charge in [-0.1, -0.05) is 6.07 Å². The van der Waals surface area contributed by atoms with Crippen molar-refractivity contribution in [1.29, 1.82) is 0 Å². The molecule has 74 valence electrons. The average molecular weight is 195 g/mol. The van der Waals surface area contributed by atoms with E-state index in [0.717, 1.165) is 5.56 Å². The van der Waals surface area contributed by atoms with Gasteiger partial charge in [-0.25, -0.2) is 4.39 Å². The van der Waals surface area contributed by atoms with Gasteiger partial charge in [-0.2, -0.15) is 0 Å². The second-order valence-electron chi connectivity index (χ2n) is 3.57. The fraction of sp³-hybridized carbons (Fsp3) is 0.300. The molecule has 0 spiro atoms. The number of aliphatic carboxylic acids is 1. The Morgan fingerprint density at radius 3 is 2.79 bits per heavy atom. The lowest BCUT2D eigenvalue weighted by Crippen LogP contribution is -1.99. The second kappa shape index (κ2) is 2.97. The Morgan fingerprint density at radius 2 is 2.29 bits per heavy atom. The summed E-state index contributed by atoms with van der Waals surface area (Å²) in [5.74, 6) is -1.56. The Balaban J connectivity index is 2.20. The SMILES string of the molecule is Nc1cc(C2CC2C(=O)O)ccc1F. The molecule has 1 aromatic rings. The summed E-state index contributed by atoms with van der Waals surface area (Å²) in [7, 11) is 0. The van der Waals surface area contributed by atoms with Crippen molar-refractivity contribution < 1.29 is 14.3 Å². The molecule has 3 nitrogen and oxygen atoms in total. The fourth-order valence-corrected chi connectivity index (χ4v) is 1.63. The molecule has 0 saturated heterocycles. The van der Waals surface area contributed by atoms with Crippen LogP contribution in [0.4, 0.5) is 10.1 Å². The Labute approximate surface area is 80.3 Å². The van der Waals surface area contributed by atoms with Crippen LogP contribution in [-0.4, -0.2) is 11.1 Å². The van der Waals surface area contributed by atoms with Gasteiger partial charge in [0, 0.05) is 0 Å². The topological polar surface area (TPSA) is 63.3 Å². The summed E-state index contributed by atoms with van der Waals surface area (Å²) in [6, 6.07) is 4.39. The Morgan fingerprint density at radius 1 is 1.57 bits per heavy atom. The number of nitrogens with two attached hydrogens (primary N) is 1. The molecule has 2 atom stereocenters. The van der Waals surface area contributed by atoms with Crippen LogP contribution in [0.1, 0.15) is 17.9 Å². The van der Waals surface area contributed by atoms with Crippen LogP contribution in [-0.2, 0) is 4.79 Å². The van der Waals surface area contributed by atoms with Gasteiger partial charge in [0.25, 0.3) is 0 Å². The summed E-state index contributed by atoms with van der Waals surface area (Å²) in [4.78, 5) is 10.6. The molecule has 14 heavy (non-hydrogen) atoms. The summed E-state index contributed by atoms with van der Waals surface area (Å²) in [6.07, 6.45) is 0.625. The fourth-order valence-electron chi connectivity index (χ4n) is 1.63. The highest BCUT2D eigenvalue weighted by Crippen LogP contribution is 2.47. The van der Waals surface area contributed by atoms with E-state index in [1.807, 2.05) is 0 Å². The molecular formula is C10H10FNO2. The predicted molar refractivity (Wildman–Crippen MR) is 49.3 cm³/mol. The van der Waals surface area contributed by atoms with E-state index < -0.39 is 11.8 Å². The summed E-state index contributed by atoms with van der Waals surface area (Å²) in [6.45, 7) is 0. The van der Waals surface area contributed by atoms with Crippen LogP contribution in [0.15, 0.2) is 18.2 Å². The molecule has 0 heterocycles. The van der Waals surface area contributed by atoms with Gasteiger partial charge in [0.05, 0.1) is 11.6 Å². The summed E-state index contributed by atoms with van der Waals surface area (Å²) < 4.78 is 12.8. The van der Waals surface area contributed by atoms with E-state index in [1.165, 1.54) is 12.1 Å². The van der Waals surface area contributed by atoms with E-state index in [4.69, 9.17) is 10.8 Å². The molecule has 1 aromatic carbocycles. The highest BCUT2D eigenvalue weighted by Gasteiger charge is 2.44. The summed E-state index contributed by atoms with van der Waals surface area (Å²) >= 11 is 0. The minimum Gasteiger partial charge on any atom is -0.481 e. The van der Waals surface area contributed by atoms with Crippen LogP contribution in [0, 0.1) is 11.7 Å². The van der Waals surface area contributed by atoms with Gasteiger partial charge in [-0.3, -0.25) is 4.79 Å². The quantitative estimate of drug-likeness (QED) is 0.704. The molecular weight excluding hydrogens is 185 g/mol. The molecule has 0 amide bonds. The first-order chi connectivity index (χ1) is 6.59.